The van der Waals surface area contributed by atoms with Crippen LogP contribution in [0, 0.1) is 23.0 Å². The Morgan fingerprint density at radius 1 is 1.03 bits per heavy atom. The summed E-state index contributed by atoms with van der Waals surface area (Å²) in [5.74, 6) is -1.74. The summed E-state index contributed by atoms with van der Waals surface area (Å²) in [6, 6.07) is 7.44. The quantitative estimate of drug-likeness (QED) is 0.337. The van der Waals surface area contributed by atoms with Gasteiger partial charge in [-0.25, -0.2) is 8.78 Å². The predicted octanol–water partition coefficient (Wildman–Crippen LogP) is 6.24. The highest BCUT2D eigenvalue weighted by atomic mass is 19.4. The second-order valence-electron chi connectivity index (χ2n) is 8.37. The minimum absolute atomic E-state index is 0.0355. The Bertz CT molecular complexity index is 1090. The molecular formula is C25H23F5N2O3. The molecule has 0 aliphatic carbocycles. The molecule has 1 saturated heterocycles. The van der Waals surface area contributed by atoms with Crippen LogP contribution in [-0.4, -0.2) is 26.0 Å². The molecule has 186 valence electrons. The van der Waals surface area contributed by atoms with Crippen LogP contribution in [0.2, 0.25) is 0 Å². The summed E-state index contributed by atoms with van der Waals surface area (Å²) in [7, 11) is 0. The first-order valence-corrected chi connectivity index (χ1v) is 11.2. The third-order valence-corrected chi connectivity index (χ3v) is 6.12. The number of benzene rings is 2. The first-order valence-electron chi connectivity index (χ1n) is 11.2. The van der Waals surface area contributed by atoms with Gasteiger partial charge in [0.2, 0.25) is 6.29 Å². The number of anilines is 1. The molecule has 4 rings (SSSR count). The largest absolute Gasteiger partial charge is 0.493 e. The first-order chi connectivity index (χ1) is 16.8. The lowest BCUT2D eigenvalue weighted by Gasteiger charge is -2.34. The maximum Gasteiger partial charge on any atom is 0.417 e. The highest BCUT2D eigenvalue weighted by Gasteiger charge is 2.35. The normalized spacial score (nSPS) is 16.6. The van der Waals surface area contributed by atoms with Crippen molar-refractivity contribution >= 4 is 5.69 Å². The number of hydrogen-bond acceptors (Lipinski definition) is 5. The van der Waals surface area contributed by atoms with Gasteiger partial charge in [0.05, 0.1) is 23.8 Å². The van der Waals surface area contributed by atoms with E-state index >= 15 is 0 Å². The van der Waals surface area contributed by atoms with Crippen LogP contribution in [0.3, 0.4) is 0 Å². The molecule has 5 nitrogen and oxygen atoms in total. The Labute approximate surface area is 199 Å². The second-order valence-corrected chi connectivity index (χ2v) is 8.37. The molecule has 0 unspecified atom stereocenters. The minimum Gasteiger partial charge on any atom is -0.493 e. The SMILES string of the molecule is N#Cc1ccc(N2CCC(c3c(F)cc(OCCCC4OC=CO4)cc3F)CC2)cc1C(F)(F)F. The third-order valence-electron chi connectivity index (χ3n) is 6.12. The molecule has 0 amide bonds. The summed E-state index contributed by atoms with van der Waals surface area (Å²) in [5, 5.41) is 8.96. The van der Waals surface area contributed by atoms with Crippen LogP contribution >= 0.6 is 0 Å². The van der Waals surface area contributed by atoms with Crippen molar-refractivity contribution in [2.75, 3.05) is 24.6 Å². The Hall–Kier alpha value is -3.48. The molecule has 2 aliphatic rings. The zero-order chi connectivity index (χ0) is 25.0. The van der Waals surface area contributed by atoms with E-state index in [1.165, 1.54) is 18.6 Å². The summed E-state index contributed by atoms with van der Waals surface area (Å²) in [4.78, 5) is 1.73. The third kappa shape index (κ3) is 5.78. The highest BCUT2D eigenvalue weighted by Crippen LogP contribution is 2.38. The molecule has 1 fully saturated rings. The molecule has 10 heteroatoms. The molecule has 0 bridgehead atoms. The van der Waals surface area contributed by atoms with Gasteiger partial charge < -0.3 is 19.1 Å². The molecule has 0 aromatic heterocycles. The van der Waals surface area contributed by atoms with Crippen molar-refractivity contribution in [3.63, 3.8) is 0 Å². The van der Waals surface area contributed by atoms with E-state index in [1.807, 2.05) is 0 Å². The van der Waals surface area contributed by atoms with Crippen molar-refractivity contribution in [2.45, 2.75) is 44.1 Å². The predicted molar refractivity (Wildman–Crippen MR) is 117 cm³/mol. The smallest absolute Gasteiger partial charge is 0.417 e. The van der Waals surface area contributed by atoms with Crippen molar-refractivity contribution in [2.24, 2.45) is 0 Å². The van der Waals surface area contributed by atoms with E-state index in [4.69, 9.17) is 19.5 Å². The van der Waals surface area contributed by atoms with Crippen LogP contribution in [-0.2, 0) is 15.7 Å². The molecule has 2 aliphatic heterocycles. The van der Waals surface area contributed by atoms with Gasteiger partial charge in [-0.1, -0.05) is 0 Å². The molecule has 2 aromatic rings. The van der Waals surface area contributed by atoms with E-state index < -0.39 is 34.9 Å². The highest BCUT2D eigenvalue weighted by molar-refractivity contribution is 5.55. The van der Waals surface area contributed by atoms with E-state index in [0.29, 0.717) is 44.5 Å². The van der Waals surface area contributed by atoms with Crippen LogP contribution in [0.1, 0.15) is 48.3 Å². The average Bonchev–Trinajstić information content (AvgIpc) is 3.34. The Kier molecular flexibility index (Phi) is 7.34. The van der Waals surface area contributed by atoms with Crippen molar-refractivity contribution in [1.82, 2.24) is 0 Å². The number of ether oxygens (including phenoxy) is 3. The van der Waals surface area contributed by atoms with E-state index in [1.54, 1.807) is 11.0 Å². The van der Waals surface area contributed by atoms with E-state index in [9.17, 15) is 22.0 Å². The summed E-state index contributed by atoms with van der Waals surface area (Å²) in [6.07, 6.45) is -0.252. The molecule has 2 aromatic carbocycles. The molecule has 0 atom stereocenters. The number of nitrogens with zero attached hydrogens (tertiary/aromatic N) is 2. The molecule has 0 spiro atoms. The van der Waals surface area contributed by atoms with Crippen LogP contribution in [0.15, 0.2) is 42.9 Å². The van der Waals surface area contributed by atoms with Crippen molar-refractivity contribution in [3.05, 3.63) is 71.2 Å². The van der Waals surface area contributed by atoms with Crippen molar-refractivity contribution in [1.29, 1.82) is 5.26 Å². The fourth-order valence-corrected chi connectivity index (χ4v) is 4.37. The van der Waals surface area contributed by atoms with Crippen molar-refractivity contribution in [3.8, 4) is 11.8 Å². The Morgan fingerprint density at radius 3 is 2.29 bits per heavy atom. The number of rotatable bonds is 7. The lowest BCUT2D eigenvalue weighted by atomic mass is 9.88. The Morgan fingerprint density at radius 2 is 1.69 bits per heavy atom. The van der Waals surface area contributed by atoms with E-state index in [2.05, 4.69) is 0 Å². The summed E-state index contributed by atoms with van der Waals surface area (Å²) in [5.41, 5.74) is -1.15. The maximum atomic E-state index is 14.8. The van der Waals surface area contributed by atoms with Crippen LogP contribution in [0.4, 0.5) is 27.6 Å². The number of halogens is 5. The van der Waals surface area contributed by atoms with Crippen molar-refractivity contribution < 1.29 is 36.2 Å². The Balaban J connectivity index is 1.36. The second kappa shape index (κ2) is 10.4. The number of piperidine rings is 1. The van der Waals surface area contributed by atoms with Crippen LogP contribution in [0.5, 0.6) is 5.75 Å². The standard InChI is InChI=1S/C25H23F5N2O3/c26-21-13-19(33-9-1-2-23-34-10-11-35-23)14-22(27)24(21)16-5-7-32(8-6-16)18-4-3-17(15-31)20(12-18)25(28,29)30/h3-4,10-14,16,23H,1-2,5-9H2. The van der Waals surface area contributed by atoms with Gasteiger partial charge in [-0.05, 0) is 43.4 Å². The summed E-state index contributed by atoms with van der Waals surface area (Å²) in [6.45, 7) is 0.890. The van der Waals surface area contributed by atoms with E-state index in [0.717, 1.165) is 24.3 Å². The topological polar surface area (TPSA) is 54.7 Å². The molecule has 35 heavy (non-hydrogen) atoms. The monoisotopic (exact) mass is 494 g/mol. The lowest BCUT2D eigenvalue weighted by molar-refractivity contribution is -0.137. The molecular weight excluding hydrogens is 471 g/mol. The zero-order valence-electron chi connectivity index (χ0n) is 18.7. The summed E-state index contributed by atoms with van der Waals surface area (Å²) < 4.78 is 85.2. The van der Waals surface area contributed by atoms with Gasteiger partial charge in [-0.2, -0.15) is 18.4 Å². The number of hydrogen-bond donors (Lipinski definition) is 0. The van der Waals surface area contributed by atoms with Gasteiger partial charge in [0.25, 0.3) is 0 Å². The van der Waals surface area contributed by atoms with Crippen LogP contribution in [0.25, 0.3) is 0 Å². The van der Waals surface area contributed by atoms with Gasteiger partial charge in [-0.15, -0.1) is 0 Å². The number of alkyl halides is 3. The number of nitriles is 1. The first kappa shape index (κ1) is 24.6. The van der Waals surface area contributed by atoms with E-state index in [-0.39, 0.29) is 24.2 Å². The van der Waals surface area contributed by atoms with Crippen LogP contribution < -0.4 is 9.64 Å². The fraction of sp³-hybridized carbons (Fsp3) is 0.400. The molecule has 0 radical (unpaired) electrons. The van der Waals surface area contributed by atoms with Gasteiger partial charge >= 0.3 is 6.18 Å². The summed E-state index contributed by atoms with van der Waals surface area (Å²) >= 11 is 0. The maximum absolute atomic E-state index is 14.8. The molecule has 0 saturated carbocycles. The molecule has 2 heterocycles. The minimum atomic E-state index is -4.65. The zero-order valence-corrected chi connectivity index (χ0v) is 18.7. The van der Waals surface area contributed by atoms with Gasteiger partial charge in [0.15, 0.2) is 0 Å². The lowest BCUT2D eigenvalue weighted by Crippen LogP contribution is -2.33. The molecule has 0 N–H and O–H groups in total. The van der Waals surface area contributed by atoms with Gasteiger partial charge in [0.1, 0.15) is 29.9 Å². The van der Waals surface area contributed by atoms with Gasteiger partial charge in [0, 0.05) is 42.9 Å². The average molecular weight is 494 g/mol. The van der Waals surface area contributed by atoms with Gasteiger partial charge in [-0.3, -0.25) is 0 Å². The fourth-order valence-electron chi connectivity index (χ4n) is 4.37.